The van der Waals surface area contributed by atoms with Gasteiger partial charge in [0.1, 0.15) is 11.5 Å². The Bertz CT molecular complexity index is 674. The molecule has 116 valence electrons. The fourth-order valence-electron chi connectivity index (χ4n) is 1.67. The van der Waals surface area contributed by atoms with Crippen molar-refractivity contribution in [1.82, 2.24) is 0 Å². The van der Waals surface area contributed by atoms with E-state index in [1.165, 1.54) is 36.4 Å². The largest absolute Gasteiger partial charge is 0.508 e. The van der Waals surface area contributed by atoms with Gasteiger partial charge in [-0.15, -0.1) is 0 Å². The van der Waals surface area contributed by atoms with Gasteiger partial charge in [0.25, 0.3) is 0 Å². The van der Waals surface area contributed by atoms with Gasteiger partial charge in [0.15, 0.2) is 0 Å². The van der Waals surface area contributed by atoms with Gasteiger partial charge in [0.05, 0.1) is 0 Å². The second-order valence-corrected chi connectivity index (χ2v) is 4.59. The molecule has 0 amide bonds. The van der Waals surface area contributed by atoms with Crippen LogP contribution in [0.4, 0.5) is 0 Å². The van der Waals surface area contributed by atoms with E-state index in [0.29, 0.717) is 11.1 Å². The van der Waals surface area contributed by atoms with Crippen LogP contribution >= 0.6 is 0 Å². The third-order valence-corrected chi connectivity index (χ3v) is 2.81. The van der Waals surface area contributed by atoms with Crippen LogP contribution in [0.2, 0.25) is 0 Å². The van der Waals surface area contributed by atoms with Gasteiger partial charge in [-0.25, -0.2) is 9.59 Å². The number of phenols is 2. The number of phenolic OH excluding ortho intramolecular Hbond substituents is 2. The number of esters is 2. The number of carbonyl (C=O) groups is 2. The number of hydrogen-bond donors (Lipinski definition) is 2. The van der Waals surface area contributed by atoms with E-state index in [1.54, 1.807) is 24.3 Å². The highest BCUT2D eigenvalue weighted by Gasteiger charge is 2.03. The van der Waals surface area contributed by atoms with Crippen LogP contribution in [-0.2, 0) is 14.3 Å². The number of hydrogen-bond acceptors (Lipinski definition) is 5. The molecule has 5 nitrogen and oxygen atoms in total. The van der Waals surface area contributed by atoms with Crippen molar-refractivity contribution in [2.45, 2.75) is 0 Å². The quantitative estimate of drug-likeness (QED) is 0.515. The molecule has 0 radical (unpaired) electrons. The van der Waals surface area contributed by atoms with E-state index in [9.17, 15) is 9.59 Å². The Morgan fingerprint density at radius 2 is 1.04 bits per heavy atom. The van der Waals surface area contributed by atoms with Crippen molar-refractivity contribution in [2.24, 2.45) is 0 Å². The van der Waals surface area contributed by atoms with Gasteiger partial charge in [-0.2, -0.15) is 0 Å². The maximum Gasteiger partial charge on any atom is 0.338 e. The van der Waals surface area contributed by atoms with Crippen molar-refractivity contribution in [3.8, 4) is 11.5 Å². The molecular weight excluding hydrogens is 296 g/mol. The first kappa shape index (κ1) is 16.0. The van der Waals surface area contributed by atoms with Crippen molar-refractivity contribution < 1.29 is 24.5 Å². The van der Waals surface area contributed by atoms with Crippen LogP contribution in [0, 0.1) is 0 Å². The Hall–Kier alpha value is -3.34. The average Bonchev–Trinajstić information content (AvgIpc) is 2.54. The Kier molecular flexibility index (Phi) is 5.30. The first-order valence-corrected chi connectivity index (χ1v) is 6.73. The van der Waals surface area contributed by atoms with Crippen molar-refractivity contribution in [2.75, 3.05) is 0 Å². The summed E-state index contributed by atoms with van der Waals surface area (Å²) in [4.78, 5) is 23.0. The zero-order valence-corrected chi connectivity index (χ0v) is 12.0. The summed E-state index contributed by atoms with van der Waals surface area (Å²) in [6, 6.07) is 12.4. The standard InChI is InChI=1S/C18H14O5/c19-15-7-1-13(2-8-15)5-11-17(21)23-18(22)12-6-14-3-9-16(20)10-4-14/h1-12,19-20H/b11-5+,12-6+. The SMILES string of the molecule is O=C(/C=C/c1ccc(O)cc1)OC(=O)/C=C/c1ccc(O)cc1. The average molecular weight is 310 g/mol. The number of aromatic hydroxyl groups is 2. The summed E-state index contributed by atoms with van der Waals surface area (Å²) in [7, 11) is 0. The number of ether oxygens (including phenoxy) is 1. The molecule has 0 spiro atoms. The zero-order valence-electron chi connectivity index (χ0n) is 12.0. The monoisotopic (exact) mass is 310 g/mol. The number of rotatable bonds is 4. The van der Waals surface area contributed by atoms with Crippen molar-refractivity contribution in [3.05, 3.63) is 71.8 Å². The molecule has 0 aliphatic carbocycles. The second kappa shape index (κ2) is 7.61. The maximum absolute atomic E-state index is 11.5. The summed E-state index contributed by atoms with van der Waals surface area (Å²) in [6.07, 6.45) is 5.19. The van der Waals surface area contributed by atoms with Crippen molar-refractivity contribution >= 4 is 24.1 Å². The lowest BCUT2D eigenvalue weighted by atomic mass is 10.2. The molecule has 0 saturated carbocycles. The number of carbonyl (C=O) groups excluding carboxylic acids is 2. The minimum Gasteiger partial charge on any atom is -0.508 e. The molecule has 0 atom stereocenters. The Morgan fingerprint density at radius 1 is 0.696 bits per heavy atom. The molecule has 0 saturated heterocycles. The summed E-state index contributed by atoms with van der Waals surface area (Å²) in [5, 5.41) is 18.3. The van der Waals surface area contributed by atoms with Gasteiger partial charge in [-0.3, -0.25) is 0 Å². The molecule has 0 aliphatic rings. The molecule has 0 unspecified atom stereocenters. The summed E-state index contributed by atoms with van der Waals surface area (Å²) >= 11 is 0. The highest BCUT2D eigenvalue weighted by Crippen LogP contribution is 2.11. The predicted molar refractivity (Wildman–Crippen MR) is 85.4 cm³/mol. The molecule has 0 aromatic heterocycles. The summed E-state index contributed by atoms with van der Waals surface area (Å²) in [5.74, 6) is -1.34. The fraction of sp³-hybridized carbons (Fsp3) is 0. The molecule has 0 bridgehead atoms. The van der Waals surface area contributed by atoms with Crippen molar-refractivity contribution in [1.29, 1.82) is 0 Å². The summed E-state index contributed by atoms with van der Waals surface area (Å²) in [5.41, 5.74) is 1.37. The molecule has 2 aromatic rings. The zero-order chi connectivity index (χ0) is 16.7. The van der Waals surface area contributed by atoms with Gasteiger partial charge in [-0.05, 0) is 47.5 Å². The van der Waals surface area contributed by atoms with Gasteiger partial charge in [0.2, 0.25) is 0 Å². The lowest BCUT2D eigenvalue weighted by Crippen LogP contribution is -2.06. The van der Waals surface area contributed by atoms with Gasteiger partial charge >= 0.3 is 11.9 Å². The van der Waals surface area contributed by atoms with E-state index >= 15 is 0 Å². The van der Waals surface area contributed by atoms with Crippen LogP contribution < -0.4 is 0 Å². The molecule has 0 fully saturated rings. The fourth-order valence-corrected chi connectivity index (χ4v) is 1.67. The van der Waals surface area contributed by atoms with Gasteiger partial charge in [0, 0.05) is 12.2 Å². The Morgan fingerprint density at radius 3 is 1.39 bits per heavy atom. The minimum absolute atomic E-state index is 0.124. The Balaban J connectivity index is 1.88. The number of benzene rings is 2. The molecule has 23 heavy (non-hydrogen) atoms. The van der Waals surface area contributed by atoms with Crippen LogP contribution in [0.1, 0.15) is 11.1 Å². The van der Waals surface area contributed by atoms with Crippen LogP contribution in [0.15, 0.2) is 60.7 Å². The topological polar surface area (TPSA) is 83.8 Å². The van der Waals surface area contributed by atoms with E-state index in [0.717, 1.165) is 12.2 Å². The third-order valence-electron chi connectivity index (χ3n) is 2.81. The molecule has 2 N–H and O–H groups in total. The van der Waals surface area contributed by atoms with E-state index < -0.39 is 11.9 Å². The van der Waals surface area contributed by atoms with Crippen LogP contribution in [0.3, 0.4) is 0 Å². The first-order valence-electron chi connectivity index (χ1n) is 6.73. The lowest BCUT2D eigenvalue weighted by molar-refractivity contribution is -0.152. The molecule has 2 rings (SSSR count). The maximum atomic E-state index is 11.5. The molecular formula is C18H14O5. The summed E-state index contributed by atoms with van der Waals surface area (Å²) < 4.78 is 4.59. The van der Waals surface area contributed by atoms with Gasteiger partial charge < -0.3 is 14.9 Å². The molecule has 5 heteroatoms. The van der Waals surface area contributed by atoms with E-state index in [2.05, 4.69) is 4.74 Å². The van der Waals surface area contributed by atoms with Crippen LogP contribution in [-0.4, -0.2) is 22.2 Å². The first-order chi connectivity index (χ1) is 11.0. The normalized spacial score (nSPS) is 11.0. The second-order valence-electron chi connectivity index (χ2n) is 4.59. The highest BCUT2D eigenvalue weighted by molar-refractivity contribution is 5.99. The minimum atomic E-state index is -0.793. The van der Waals surface area contributed by atoms with Crippen molar-refractivity contribution in [3.63, 3.8) is 0 Å². The third kappa shape index (κ3) is 5.51. The predicted octanol–water partition coefficient (Wildman–Crippen LogP) is 2.89. The molecule has 0 heterocycles. The van der Waals surface area contributed by atoms with E-state index in [1.807, 2.05) is 0 Å². The Labute approximate surface area is 132 Å². The smallest absolute Gasteiger partial charge is 0.338 e. The molecule has 0 aliphatic heterocycles. The summed E-state index contributed by atoms with van der Waals surface area (Å²) in [6.45, 7) is 0. The lowest BCUT2D eigenvalue weighted by Gasteiger charge is -1.96. The van der Waals surface area contributed by atoms with Gasteiger partial charge in [-0.1, -0.05) is 24.3 Å². The van der Waals surface area contributed by atoms with E-state index in [4.69, 9.17) is 10.2 Å². The van der Waals surface area contributed by atoms with Crippen LogP contribution in [0.25, 0.3) is 12.2 Å². The highest BCUT2D eigenvalue weighted by atomic mass is 16.6. The molecule has 2 aromatic carbocycles. The van der Waals surface area contributed by atoms with E-state index in [-0.39, 0.29) is 11.5 Å². The van der Waals surface area contributed by atoms with Crippen LogP contribution in [0.5, 0.6) is 11.5 Å².